The zero-order valence-corrected chi connectivity index (χ0v) is 17.6. The molecule has 3 rings (SSSR count). The number of benzene rings is 2. The number of nitrogens with zero attached hydrogens (tertiary/aromatic N) is 1. The van der Waals surface area contributed by atoms with E-state index in [-0.39, 0.29) is 18.4 Å². The predicted molar refractivity (Wildman–Crippen MR) is 113 cm³/mol. The number of unbranched alkanes of at least 4 members (excludes halogenated alkanes) is 1. The fourth-order valence-corrected chi connectivity index (χ4v) is 3.26. The minimum atomic E-state index is -0.350. The van der Waals surface area contributed by atoms with E-state index in [9.17, 15) is 9.59 Å². The third kappa shape index (κ3) is 4.27. The van der Waals surface area contributed by atoms with E-state index >= 15 is 0 Å². The average molecular weight is 414 g/mol. The Morgan fingerprint density at radius 2 is 1.80 bits per heavy atom. The molecule has 8 nitrogen and oxygen atoms in total. The maximum atomic E-state index is 12.9. The van der Waals surface area contributed by atoms with Gasteiger partial charge in [0, 0.05) is 17.8 Å². The van der Waals surface area contributed by atoms with Gasteiger partial charge in [0.15, 0.2) is 18.1 Å². The van der Waals surface area contributed by atoms with Crippen LogP contribution in [0.5, 0.6) is 23.0 Å². The second-order valence-electron chi connectivity index (χ2n) is 6.74. The van der Waals surface area contributed by atoms with E-state index < -0.39 is 0 Å². The van der Waals surface area contributed by atoms with Gasteiger partial charge in [0.05, 0.1) is 27.0 Å². The number of hydrogen-bond donors (Lipinski definition) is 1. The Morgan fingerprint density at radius 1 is 1.10 bits per heavy atom. The number of amides is 2. The van der Waals surface area contributed by atoms with E-state index in [4.69, 9.17) is 18.9 Å². The molecule has 0 atom stereocenters. The number of methoxy groups -OCH3 is 3. The van der Waals surface area contributed by atoms with Gasteiger partial charge in [-0.2, -0.15) is 0 Å². The van der Waals surface area contributed by atoms with E-state index in [1.165, 1.54) is 21.3 Å². The molecule has 1 heterocycles. The molecular weight excluding hydrogens is 388 g/mol. The molecule has 1 aliphatic rings. The summed E-state index contributed by atoms with van der Waals surface area (Å²) in [6, 6.07) is 8.40. The summed E-state index contributed by atoms with van der Waals surface area (Å²) < 4.78 is 21.4. The van der Waals surface area contributed by atoms with Crippen molar-refractivity contribution in [3.63, 3.8) is 0 Å². The molecule has 0 spiro atoms. The van der Waals surface area contributed by atoms with Gasteiger partial charge in [0.1, 0.15) is 5.75 Å². The number of ether oxygens (including phenoxy) is 4. The van der Waals surface area contributed by atoms with Crippen molar-refractivity contribution >= 4 is 23.2 Å². The number of carbonyl (C=O) groups excluding carboxylic acids is 2. The van der Waals surface area contributed by atoms with E-state index in [0.717, 1.165) is 12.8 Å². The van der Waals surface area contributed by atoms with Crippen LogP contribution in [-0.2, 0) is 4.79 Å². The predicted octanol–water partition coefficient (Wildman–Crippen LogP) is 3.49. The first kappa shape index (κ1) is 21.3. The molecule has 0 aliphatic carbocycles. The molecule has 1 N–H and O–H groups in total. The van der Waals surface area contributed by atoms with Gasteiger partial charge < -0.3 is 29.2 Å². The van der Waals surface area contributed by atoms with Crippen molar-refractivity contribution in [2.24, 2.45) is 0 Å². The standard InChI is InChI=1S/C22H26N2O6/c1-5-6-9-24-16-12-15(7-8-17(16)30-13-20(24)25)23-22(26)14-10-18(27-2)21(29-4)19(11-14)28-3/h7-8,10-12H,5-6,9,13H2,1-4H3,(H,23,26). The Morgan fingerprint density at radius 3 is 2.40 bits per heavy atom. The van der Waals surface area contributed by atoms with Gasteiger partial charge in [-0.25, -0.2) is 0 Å². The first-order valence-corrected chi connectivity index (χ1v) is 9.71. The van der Waals surface area contributed by atoms with E-state index in [0.29, 0.717) is 46.5 Å². The van der Waals surface area contributed by atoms with Crippen molar-refractivity contribution in [1.82, 2.24) is 0 Å². The third-order valence-electron chi connectivity index (χ3n) is 4.82. The van der Waals surface area contributed by atoms with Gasteiger partial charge in [-0.1, -0.05) is 13.3 Å². The molecule has 2 aromatic carbocycles. The highest BCUT2D eigenvalue weighted by molar-refractivity contribution is 6.06. The Balaban J connectivity index is 1.87. The highest BCUT2D eigenvalue weighted by atomic mass is 16.5. The van der Waals surface area contributed by atoms with Crippen LogP contribution >= 0.6 is 0 Å². The van der Waals surface area contributed by atoms with Crippen molar-refractivity contribution in [2.45, 2.75) is 19.8 Å². The maximum absolute atomic E-state index is 12.9. The van der Waals surface area contributed by atoms with Crippen molar-refractivity contribution in [2.75, 3.05) is 44.7 Å². The smallest absolute Gasteiger partial charge is 0.265 e. The molecule has 0 fully saturated rings. The summed E-state index contributed by atoms with van der Waals surface area (Å²) in [4.78, 5) is 26.9. The fraction of sp³-hybridized carbons (Fsp3) is 0.364. The number of nitrogens with one attached hydrogen (secondary N) is 1. The van der Waals surface area contributed by atoms with Gasteiger partial charge in [-0.3, -0.25) is 9.59 Å². The van der Waals surface area contributed by atoms with E-state index in [1.54, 1.807) is 35.2 Å². The second-order valence-corrected chi connectivity index (χ2v) is 6.74. The molecule has 30 heavy (non-hydrogen) atoms. The first-order valence-electron chi connectivity index (χ1n) is 9.71. The summed E-state index contributed by atoms with van der Waals surface area (Å²) in [5.41, 5.74) is 1.55. The summed E-state index contributed by atoms with van der Waals surface area (Å²) in [5.74, 6) is 1.36. The Hall–Kier alpha value is -3.42. The zero-order chi connectivity index (χ0) is 21.7. The molecule has 0 saturated carbocycles. The molecule has 1 aliphatic heterocycles. The number of fused-ring (bicyclic) bond motifs is 1. The van der Waals surface area contributed by atoms with Crippen LogP contribution in [0.15, 0.2) is 30.3 Å². The lowest BCUT2D eigenvalue weighted by Gasteiger charge is -2.29. The van der Waals surface area contributed by atoms with Gasteiger partial charge in [0.25, 0.3) is 11.8 Å². The average Bonchev–Trinajstić information content (AvgIpc) is 2.77. The van der Waals surface area contributed by atoms with Crippen molar-refractivity contribution in [3.05, 3.63) is 35.9 Å². The number of carbonyl (C=O) groups is 2. The van der Waals surface area contributed by atoms with Crippen LogP contribution in [0.3, 0.4) is 0 Å². The van der Waals surface area contributed by atoms with Crippen LogP contribution in [0, 0.1) is 0 Å². The van der Waals surface area contributed by atoms with Crippen LogP contribution in [0.25, 0.3) is 0 Å². The van der Waals surface area contributed by atoms with Crippen LogP contribution < -0.4 is 29.2 Å². The lowest BCUT2D eigenvalue weighted by atomic mass is 10.1. The molecule has 0 bridgehead atoms. The molecular formula is C22H26N2O6. The third-order valence-corrected chi connectivity index (χ3v) is 4.82. The van der Waals surface area contributed by atoms with Gasteiger partial charge in [0.2, 0.25) is 5.75 Å². The largest absolute Gasteiger partial charge is 0.493 e. The molecule has 160 valence electrons. The Labute approximate surface area is 175 Å². The zero-order valence-electron chi connectivity index (χ0n) is 17.6. The van der Waals surface area contributed by atoms with E-state index in [1.807, 2.05) is 0 Å². The topological polar surface area (TPSA) is 86.3 Å². The summed E-state index contributed by atoms with van der Waals surface area (Å²) in [6.45, 7) is 2.70. The summed E-state index contributed by atoms with van der Waals surface area (Å²) in [7, 11) is 4.48. The molecule has 0 radical (unpaired) electrons. The molecule has 0 unspecified atom stereocenters. The minimum absolute atomic E-state index is 0.0217. The first-order chi connectivity index (χ1) is 14.5. The molecule has 0 aromatic heterocycles. The molecule has 2 aromatic rings. The monoisotopic (exact) mass is 414 g/mol. The Kier molecular flexibility index (Phi) is 6.66. The maximum Gasteiger partial charge on any atom is 0.265 e. The number of rotatable bonds is 8. The second kappa shape index (κ2) is 9.39. The van der Waals surface area contributed by atoms with Crippen LogP contribution in [0.2, 0.25) is 0 Å². The molecule has 2 amide bonds. The molecule has 8 heteroatoms. The van der Waals surface area contributed by atoms with Gasteiger partial charge in [-0.05, 0) is 36.8 Å². The number of hydrogen-bond acceptors (Lipinski definition) is 6. The van der Waals surface area contributed by atoms with Crippen LogP contribution in [0.1, 0.15) is 30.1 Å². The van der Waals surface area contributed by atoms with Gasteiger partial charge >= 0.3 is 0 Å². The van der Waals surface area contributed by atoms with Crippen LogP contribution in [0.4, 0.5) is 11.4 Å². The summed E-state index contributed by atoms with van der Waals surface area (Å²) >= 11 is 0. The highest BCUT2D eigenvalue weighted by Crippen LogP contribution is 2.39. The fourth-order valence-electron chi connectivity index (χ4n) is 3.26. The Bertz CT molecular complexity index is 918. The minimum Gasteiger partial charge on any atom is -0.493 e. The lowest BCUT2D eigenvalue weighted by Crippen LogP contribution is -2.39. The summed E-state index contributed by atoms with van der Waals surface area (Å²) in [6.07, 6.45) is 1.85. The highest BCUT2D eigenvalue weighted by Gasteiger charge is 2.25. The normalized spacial score (nSPS) is 12.7. The van der Waals surface area contributed by atoms with Crippen molar-refractivity contribution in [1.29, 1.82) is 0 Å². The SMILES string of the molecule is CCCCN1C(=O)COc2ccc(NC(=O)c3cc(OC)c(OC)c(OC)c3)cc21. The summed E-state index contributed by atoms with van der Waals surface area (Å²) in [5, 5.41) is 2.86. The van der Waals surface area contributed by atoms with E-state index in [2.05, 4.69) is 12.2 Å². The number of anilines is 2. The lowest BCUT2D eigenvalue weighted by molar-refractivity contribution is -0.121. The van der Waals surface area contributed by atoms with Gasteiger partial charge in [-0.15, -0.1) is 0 Å². The van der Waals surface area contributed by atoms with Crippen LogP contribution in [-0.4, -0.2) is 46.3 Å². The molecule has 0 saturated heterocycles. The quantitative estimate of drug-likeness (QED) is 0.712. The van der Waals surface area contributed by atoms with Crippen molar-refractivity contribution in [3.8, 4) is 23.0 Å². The van der Waals surface area contributed by atoms with Crippen molar-refractivity contribution < 1.29 is 28.5 Å².